The van der Waals surface area contributed by atoms with Crippen molar-refractivity contribution < 1.29 is 27.2 Å². The monoisotopic (exact) mass is 283 g/mol. The smallest absolute Gasteiger partial charge is 0.395 e. The molecular formula is C9H23O6Si2. The van der Waals surface area contributed by atoms with Crippen LogP contribution >= 0.6 is 0 Å². The van der Waals surface area contributed by atoms with Crippen molar-refractivity contribution in [1.82, 2.24) is 0 Å². The van der Waals surface area contributed by atoms with Crippen LogP contribution in [0.4, 0.5) is 0 Å². The van der Waals surface area contributed by atoms with Gasteiger partial charge in [0.1, 0.15) is 0 Å². The molecule has 8 heteroatoms. The first-order chi connectivity index (χ1) is 7.92. The minimum absolute atomic E-state index is 0.331. The highest BCUT2D eigenvalue weighted by atomic mass is 28.4. The van der Waals surface area contributed by atoms with Gasteiger partial charge in [0.25, 0.3) is 0 Å². The fraction of sp³-hybridized carbons (Fsp3) is 1.00. The summed E-state index contributed by atoms with van der Waals surface area (Å²) >= 11 is 0. The summed E-state index contributed by atoms with van der Waals surface area (Å²) in [6.45, 7) is 3.68. The van der Waals surface area contributed by atoms with Crippen LogP contribution in [0.1, 0.15) is 6.92 Å². The Hall–Kier alpha value is 0.194. The summed E-state index contributed by atoms with van der Waals surface area (Å²) in [4.78, 5) is 0. The second-order valence-corrected chi connectivity index (χ2v) is 9.04. The average Bonchev–Trinajstić information content (AvgIpc) is 2.38. The molecule has 0 N–H and O–H groups in total. The zero-order valence-electron chi connectivity index (χ0n) is 11.7. The van der Waals surface area contributed by atoms with Gasteiger partial charge in [0.15, 0.2) is 0 Å². The van der Waals surface area contributed by atoms with Crippen molar-refractivity contribution >= 4 is 17.8 Å². The Balaban J connectivity index is 4.67. The fourth-order valence-electron chi connectivity index (χ4n) is 1.23. The first-order valence-corrected chi connectivity index (χ1v) is 9.00. The van der Waals surface area contributed by atoms with Crippen molar-refractivity contribution in [2.75, 3.05) is 41.8 Å². The van der Waals surface area contributed by atoms with Crippen LogP contribution in [0.5, 0.6) is 0 Å². The standard InChI is InChI=1S/C9H23O6Si2/c1-9(10-2,17(7,13-5)14-6)15-8-16(11-3)12-4/h8H2,1-7H3. The Bertz CT molecular complexity index is 210. The Kier molecular flexibility index (Phi) is 7.68. The quantitative estimate of drug-likeness (QED) is 0.456. The second kappa shape index (κ2) is 7.59. The predicted octanol–water partition coefficient (Wildman–Crippen LogP) is 0.590. The molecule has 0 aromatic heterocycles. The average molecular weight is 283 g/mol. The molecule has 0 saturated carbocycles. The summed E-state index contributed by atoms with van der Waals surface area (Å²) in [5.41, 5.74) is -0.913. The summed E-state index contributed by atoms with van der Waals surface area (Å²) in [5.74, 6) is 0. The summed E-state index contributed by atoms with van der Waals surface area (Å²) < 4.78 is 32.4. The van der Waals surface area contributed by atoms with Crippen LogP contribution in [0, 0.1) is 0 Å². The van der Waals surface area contributed by atoms with E-state index >= 15 is 0 Å². The molecule has 0 bridgehead atoms. The van der Waals surface area contributed by atoms with Gasteiger partial charge in [-0.3, -0.25) is 0 Å². The first-order valence-electron chi connectivity index (χ1n) is 5.16. The summed E-state index contributed by atoms with van der Waals surface area (Å²) in [7, 11) is 3.92. The van der Waals surface area contributed by atoms with E-state index in [1.807, 2.05) is 6.55 Å². The van der Waals surface area contributed by atoms with Crippen LogP contribution in [0.15, 0.2) is 0 Å². The van der Waals surface area contributed by atoms with E-state index in [0.29, 0.717) is 6.23 Å². The van der Waals surface area contributed by atoms with Crippen molar-refractivity contribution in [3.05, 3.63) is 0 Å². The Labute approximate surface area is 106 Å². The molecule has 0 fully saturated rings. The van der Waals surface area contributed by atoms with Gasteiger partial charge in [-0.25, -0.2) is 0 Å². The van der Waals surface area contributed by atoms with E-state index in [2.05, 4.69) is 0 Å². The molecule has 1 unspecified atom stereocenters. The van der Waals surface area contributed by atoms with Gasteiger partial charge in [-0.05, 0) is 13.5 Å². The molecule has 0 saturated heterocycles. The summed E-state index contributed by atoms with van der Waals surface area (Å²) in [6.07, 6.45) is 0.331. The molecule has 17 heavy (non-hydrogen) atoms. The summed E-state index contributed by atoms with van der Waals surface area (Å²) in [5, 5.41) is 0. The molecule has 1 radical (unpaired) electrons. The molecule has 0 aromatic rings. The van der Waals surface area contributed by atoms with E-state index in [9.17, 15) is 0 Å². The molecule has 1 atom stereocenters. The van der Waals surface area contributed by atoms with Gasteiger partial charge in [0.2, 0.25) is 5.41 Å². The molecule has 103 valence electrons. The molecule has 0 heterocycles. The third kappa shape index (κ3) is 4.10. The number of rotatable bonds is 9. The molecule has 0 amide bonds. The molecule has 0 spiro atoms. The molecular weight excluding hydrogens is 260 g/mol. The van der Waals surface area contributed by atoms with Crippen LogP contribution < -0.4 is 0 Å². The first kappa shape index (κ1) is 17.2. The van der Waals surface area contributed by atoms with Gasteiger partial charge in [0, 0.05) is 35.5 Å². The molecule has 0 aliphatic heterocycles. The largest absolute Gasteiger partial charge is 0.412 e. The maximum atomic E-state index is 5.75. The summed E-state index contributed by atoms with van der Waals surface area (Å²) in [6, 6.07) is 0. The van der Waals surface area contributed by atoms with Crippen molar-refractivity contribution in [3.8, 4) is 0 Å². The lowest BCUT2D eigenvalue weighted by Gasteiger charge is -2.39. The van der Waals surface area contributed by atoms with Crippen LogP contribution in [0.3, 0.4) is 0 Å². The normalized spacial score (nSPS) is 16.2. The topological polar surface area (TPSA) is 55.4 Å². The van der Waals surface area contributed by atoms with Crippen molar-refractivity contribution in [2.45, 2.75) is 18.9 Å². The highest BCUT2D eigenvalue weighted by molar-refractivity contribution is 6.68. The number of hydrogen-bond acceptors (Lipinski definition) is 6. The van der Waals surface area contributed by atoms with Crippen molar-refractivity contribution in [1.29, 1.82) is 0 Å². The van der Waals surface area contributed by atoms with Crippen LogP contribution in [0.2, 0.25) is 6.55 Å². The van der Waals surface area contributed by atoms with E-state index in [1.54, 1.807) is 42.5 Å². The van der Waals surface area contributed by atoms with Crippen molar-refractivity contribution in [3.63, 3.8) is 0 Å². The zero-order valence-corrected chi connectivity index (χ0v) is 13.7. The molecule has 0 aliphatic rings. The van der Waals surface area contributed by atoms with Gasteiger partial charge in [-0.1, -0.05) is 0 Å². The number of hydrogen-bond donors (Lipinski definition) is 0. The van der Waals surface area contributed by atoms with Crippen LogP contribution in [0.25, 0.3) is 0 Å². The molecule has 0 rings (SSSR count). The minimum Gasteiger partial charge on any atom is -0.395 e. The molecule has 0 aromatic carbocycles. The minimum atomic E-state index is -2.58. The van der Waals surface area contributed by atoms with E-state index in [1.165, 1.54) is 0 Å². The maximum Gasteiger partial charge on any atom is 0.412 e. The van der Waals surface area contributed by atoms with E-state index in [-0.39, 0.29) is 0 Å². The third-order valence-corrected chi connectivity index (χ3v) is 7.76. The van der Waals surface area contributed by atoms with Gasteiger partial charge in [0.05, 0.1) is 6.23 Å². The lowest BCUT2D eigenvalue weighted by molar-refractivity contribution is -0.170. The van der Waals surface area contributed by atoms with Gasteiger partial charge >= 0.3 is 17.8 Å². The fourth-order valence-corrected chi connectivity index (χ4v) is 3.78. The SMILES string of the molecule is CO[Si](COC(C)(OC)[Si](C)(OC)OC)OC. The Morgan fingerprint density at radius 1 is 1.00 bits per heavy atom. The van der Waals surface area contributed by atoms with Gasteiger partial charge in [-0.15, -0.1) is 0 Å². The molecule has 6 nitrogen and oxygen atoms in total. The highest BCUT2D eigenvalue weighted by Gasteiger charge is 2.53. The lowest BCUT2D eigenvalue weighted by atomic mass is 10.7. The predicted molar refractivity (Wildman–Crippen MR) is 66.8 cm³/mol. The second-order valence-electron chi connectivity index (χ2n) is 3.57. The van der Waals surface area contributed by atoms with Crippen molar-refractivity contribution in [2.24, 2.45) is 0 Å². The third-order valence-electron chi connectivity index (χ3n) is 2.91. The number of ether oxygens (including phenoxy) is 2. The van der Waals surface area contributed by atoms with E-state index in [0.717, 1.165) is 0 Å². The van der Waals surface area contributed by atoms with Gasteiger partial charge in [-0.2, -0.15) is 0 Å². The Morgan fingerprint density at radius 2 is 1.47 bits per heavy atom. The van der Waals surface area contributed by atoms with Crippen LogP contribution in [-0.2, 0) is 27.2 Å². The van der Waals surface area contributed by atoms with Gasteiger partial charge < -0.3 is 27.2 Å². The highest BCUT2D eigenvalue weighted by Crippen LogP contribution is 2.26. The van der Waals surface area contributed by atoms with Crippen LogP contribution in [-0.4, -0.2) is 65.0 Å². The lowest BCUT2D eigenvalue weighted by Crippen LogP contribution is -2.61. The maximum absolute atomic E-state index is 5.75. The van der Waals surface area contributed by atoms with E-state index < -0.39 is 23.3 Å². The molecule has 0 aliphatic carbocycles. The number of methoxy groups -OCH3 is 1. The Morgan fingerprint density at radius 3 is 1.76 bits per heavy atom. The van der Waals surface area contributed by atoms with E-state index in [4.69, 9.17) is 27.2 Å². The zero-order chi connectivity index (χ0) is 13.5.